The molecule has 0 aromatic rings. The smallest absolute Gasteiger partial charge is 0.410 e. The molecule has 4 nitrogen and oxygen atoms in total. The maximum Gasteiger partial charge on any atom is 0.410 e. The Morgan fingerprint density at radius 3 is 2.25 bits per heavy atom. The van der Waals surface area contributed by atoms with Gasteiger partial charge in [-0.15, -0.1) is 6.58 Å². The van der Waals surface area contributed by atoms with Gasteiger partial charge >= 0.3 is 6.09 Å². The van der Waals surface area contributed by atoms with Gasteiger partial charge in [0.1, 0.15) is 5.60 Å². The molecule has 0 spiro atoms. The lowest BCUT2D eigenvalue weighted by molar-refractivity contribution is 0.00650. The molecule has 4 heteroatoms. The standard InChI is InChI=1S/C16H32N2O2/c1-9-10-13(2)17-11-12-18(15(3,4)5)14(19)20-16(6,7)8/h9,13,17H,1,10-12H2,2-8H3. The molecule has 1 unspecified atom stereocenters. The summed E-state index contributed by atoms with van der Waals surface area (Å²) in [6, 6.07) is 0.368. The fraction of sp³-hybridized carbons (Fsp3) is 0.812. The maximum absolute atomic E-state index is 12.3. The second-order valence-electron chi connectivity index (χ2n) is 7.18. The highest BCUT2D eigenvalue weighted by Crippen LogP contribution is 2.17. The van der Waals surface area contributed by atoms with Crippen LogP contribution in [0, 0.1) is 0 Å². The van der Waals surface area contributed by atoms with Crippen LogP contribution < -0.4 is 5.32 Å². The summed E-state index contributed by atoms with van der Waals surface area (Å²) in [7, 11) is 0. The lowest BCUT2D eigenvalue weighted by Crippen LogP contribution is -2.50. The molecule has 0 rings (SSSR count). The molecule has 0 aliphatic carbocycles. The topological polar surface area (TPSA) is 41.6 Å². The van der Waals surface area contributed by atoms with Gasteiger partial charge in [0.25, 0.3) is 0 Å². The molecule has 0 aromatic carbocycles. The number of amides is 1. The first kappa shape index (κ1) is 19.0. The molecular formula is C16H32N2O2. The Labute approximate surface area is 124 Å². The molecule has 0 saturated carbocycles. The Morgan fingerprint density at radius 2 is 1.85 bits per heavy atom. The molecule has 0 radical (unpaired) electrons. The van der Waals surface area contributed by atoms with Crippen LogP contribution in [0.25, 0.3) is 0 Å². The molecular weight excluding hydrogens is 252 g/mol. The highest BCUT2D eigenvalue weighted by atomic mass is 16.6. The van der Waals surface area contributed by atoms with Crippen LogP contribution in [0.15, 0.2) is 12.7 Å². The molecule has 0 fully saturated rings. The summed E-state index contributed by atoms with van der Waals surface area (Å²) in [6.45, 7) is 18.9. The van der Waals surface area contributed by atoms with Crippen LogP contribution in [0.3, 0.4) is 0 Å². The van der Waals surface area contributed by atoms with Crippen LogP contribution in [-0.2, 0) is 4.74 Å². The van der Waals surface area contributed by atoms with Crippen LogP contribution >= 0.6 is 0 Å². The van der Waals surface area contributed by atoms with Gasteiger partial charge in [-0.3, -0.25) is 0 Å². The molecule has 0 aromatic heterocycles. The first-order valence-electron chi connectivity index (χ1n) is 7.32. The average molecular weight is 284 g/mol. The van der Waals surface area contributed by atoms with Gasteiger partial charge in [-0.1, -0.05) is 6.08 Å². The van der Waals surface area contributed by atoms with Crippen molar-refractivity contribution in [3.63, 3.8) is 0 Å². The third kappa shape index (κ3) is 8.20. The van der Waals surface area contributed by atoms with E-state index >= 15 is 0 Å². The number of hydrogen-bond donors (Lipinski definition) is 1. The van der Waals surface area contributed by atoms with Gasteiger partial charge in [-0.2, -0.15) is 0 Å². The second kappa shape index (κ2) is 7.67. The van der Waals surface area contributed by atoms with E-state index in [4.69, 9.17) is 4.74 Å². The minimum absolute atomic E-state index is 0.258. The molecule has 1 N–H and O–H groups in total. The van der Waals surface area contributed by atoms with E-state index in [0.29, 0.717) is 12.6 Å². The van der Waals surface area contributed by atoms with Crippen molar-refractivity contribution in [1.29, 1.82) is 0 Å². The van der Waals surface area contributed by atoms with E-state index in [1.54, 1.807) is 4.90 Å². The van der Waals surface area contributed by atoms with Crippen molar-refractivity contribution in [3.8, 4) is 0 Å². The van der Waals surface area contributed by atoms with E-state index in [2.05, 4.69) is 18.8 Å². The van der Waals surface area contributed by atoms with Gasteiger partial charge in [-0.05, 0) is 54.9 Å². The van der Waals surface area contributed by atoms with Crippen LogP contribution in [-0.4, -0.2) is 41.3 Å². The Morgan fingerprint density at radius 1 is 1.30 bits per heavy atom. The third-order valence-corrected chi connectivity index (χ3v) is 2.77. The fourth-order valence-corrected chi connectivity index (χ4v) is 1.77. The zero-order chi connectivity index (χ0) is 16.0. The van der Waals surface area contributed by atoms with E-state index < -0.39 is 5.60 Å². The predicted molar refractivity (Wildman–Crippen MR) is 85.0 cm³/mol. The molecule has 0 bridgehead atoms. The number of hydrogen-bond acceptors (Lipinski definition) is 3. The summed E-state index contributed by atoms with van der Waals surface area (Å²) in [6.07, 6.45) is 2.55. The molecule has 1 atom stereocenters. The lowest BCUT2D eigenvalue weighted by Gasteiger charge is -2.37. The van der Waals surface area contributed by atoms with Gasteiger partial charge in [0.15, 0.2) is 0 Å². The molecule has 20 heavy (non-hydrogen) atoms. The average Bonchev–Trinajstić information content (AvgIpc) is 2.20. The van der Waals surface area contributed by atoms with Gasteiger partial charge in [0.05, 0.1) is 0 Å². The summed E-state index contributed by atoms with van der Waals surface area (Å²) in [5.74, 6) is 0. The monoisotopic (exact) mass is 284 g/mol. The lowest BCUT2D eigenvalue weighted by atomic mass is 10.1. The van der Waals surface area contributed by atoms with Crippen LogP contribution in [0.5, 0.6) is 0 Å². The van der Waals surface area contributed by atoms with Gasteiger partial charge in [0.2, 0.25) is 0 Å². The van der Waals surface area contributed by atoms with Crippen molar-refractivity contribution < 1.29 is 9.53 Å². The predicted octanol–water partition coefficient (Wildman–Crippen LogP) is 3.58. The zero-order valence-electron chi connectivity index (χ0n) is 14.2. The van der Waals surface area contributed by atoms with E-state index in [-0.39, 0.29) is 11.6 Å². The van der Waals surface area contributed by atoms with E-state index in [9.17, 15) is 4.79 Å². The number of nitrogens with zero attached hydrogens (tertiary/aromatic N) is 1. The van der Waals surface area contributed by atoms with Crippen molar-refractivity contribution in [3.05, 3.63) is 12.7 Å². The minimum atomic E-state index is -0.468. The Kier molecular flexibility index (Phi) is 7.28. The second-order valence-corrected chi connectivity index (χ2v) is 7.18. The summed E-state index contributed by atoms with van der Waals surface area (Å²) < 4.78 is 5.47. The SMILES string of the molecule is C=CCC(C)NCCN(C(=O)OC(C)(C)C)C(C)(C)C. The number of nitrogens with one attached hydrogen (secondary N) is 1. The summed E-state index contributed by atoms with van der Waals surface area (Å²) in [4.78, 5) is 14.0. The van der Waals surface area contributed by atoms with Gasteiger partial charge in [0, 0.05) is 24.7 Å². The summed E-state index contributed by atoms with van der Waals surface area (Å²) >= 11 is 0. The number of rotatable bonds is 6. The maximum atomic E-state index is 12.3. The largest absolute Gasteiger partial charge is 0.444 e. The summed E-state index contributed by atoms with van der Waals surface area (Å²) in [5.41, 5.74) is -0.726. The van der Waals surface area contributed by atoms with Crippen molar-refractivity contribution in [2.24, 2.45) is 0 Å². The zero-order valence-corrected chi connectivity index (χ0v) is 14.2. The highest BCUT2D eigenvalue weighted by Gasteiger charge is 2.30. The Hall–Kier alpha value is -1.03. The Balaban J connectivity index is 4.52. The summed E-state index contributed by atoms with van der Waals surface area (Å²) in [5, 5.41) is 3.38. The number of carbonyl (C=O) groups excluding carboxylic acids is 1. The minimum Gasteiger partial charge on any atom is -0.444 e. The van der Waals surface area contributed by atoms with Crippen molar-refractivity contribution in [1.82, 2.24) is 10.2 Å². The normalized spacial score (nSPS) is 13.8. The third-order valence-electron chi connectivity index (χ3n) is 2.77. The quantitative estimate of drug-likeness (QED) is 0.758. The van der Waals surface area contributed by atoms with Crippen molar-refractivity contribution in [2.45, 2.75) is 72.1 Å². The molecule has 118 valence electrons. The van der Waals surface area contributed by atoms with Crippen LogP contribution in [0.2, 0.25) is 0 Å². The van der Waals surface area contributed by atoms with Gasteiger partial charge in [-0.25, -0.2) is 4.79 Å². The molecule has 0 aliphatic heterocycles. The fourth-order valence-electron chi connectivity index (χ4n) is 1.77. The molecule has 1 amide bonds. The van der Waals surface area contributed by atoms with E-state index in [1.807, 2.05) is 47.6 Å². The van der Waals surface area contributed by atoms with Crippen LogP contribution in [0.4, 0.5) is 4.79 Å². The van der Waals surface area contributed by atoms with Crippen molar-refractivity contribution >= 4 is 6.09 Å². The number of ether oxygens (including phenoxy) is 1. The highest BCUT2D eigenvalue weighted by molar-refractivity contribution is 5.69. The first-order valence-corrected chi connectivity index (χ1v) is 7.32. The van der Waals surface area contributed by atoms with Crippen molar-refractivity contribution in [2.75, 3.05) is 13.1 Å². The van der Waals surface area contributed by atoms with Gasteiger partial charge < -0.3 is 15.0 Å². The molecule has 0 aliphatic rings. The first-order chi connectivity index (χ1) is 8.97. The number of carbonyl (C=O) groups is 1. The molecule has 0 saturated heterocycles. The molecule has 0 heterocycles. The van der Waals surface area contributed by atoms with E-state index in [0.717, 1.165) is 13.0 Å². The van der Waals surface area contributed by atoms with E-state index in [1.165, 1.54) is 0 Å². The van der Waals surface area contributed by atoms with Crippen LogP contribution in [0.1, 0.15) is 54.9 Å². The Bertz CT molecular complexity index is 313.